The average molecular weight is 470 g/mol. The maximum Gasteiger partial charge on any atom is 0.344 e. The number of anilines is 1. The number of amidine groups is 1. The summed E-state index contributed by atoms with van der Waals surface area (Å²) in [6.07, 6.45) is 5.02. The first-order valence-corrected chi connectivity index (χ1v) is 11.4. The molecular formula is C21H23N7O4S. The fraction of sp³-hybridized carbons (Fsp3) is 0.238. The Morgan fingerprint density at radius 3 is 2.76 bits per heavy atom. The van der Waals surface area contributed by atoms with E-state index in [0.29, 0.717) is 28.4 Å². The number of benzene rings is 1. The van der Waals surface area contributed by atoms with Crippen LogP contribution in [0.25, 0.3) is 11.5 Å². The SMILES string of the molecule is Cn1ccnc1-c1cc(C(=O)NC(C)(C)COc2cccc3c2C(N)=NS(=O)(=O)N3)ccn1. The van der Waals surface area contributed by atoms with Gasteiger partial charge in [0.15, 0.2) is 11.7 Å². The van der Waals surface area contributed by atoms with Crippen molar-refractivity contribution >= 4 is 27.6 Å². The zero-order valence-electron chi connectivity index (χ0n) is 18.2. The van der Waals surface area contributed by atoms with E-state index in [2.05, 4.69) is 24.4 Å². The Kier molecular flexibility index (Phi) is 5.54. The van der Waals surface area contributed by atoms with Crippen LogP contribution < -0.4 is 20.5 Å². The molecule has 4 rings (SSSR count). The number of nitrogens with zero attached hydrogens (tertiary/aromatic N) is 4. The number of imidazole rings is 1. The number of hydrogen-bond acceptors (Lipinski definition) is 7. The van der Waals surface area contributed by atoms with E-state index in [-0.39, 0.29) is 24.0 Å². The second kappa shape index (κ2) is 8.20. The molecular weight excluding hydrogens is 446 g/mol. The van der Waals surface area contributed by atoms with Crippen LogP contribution in [0.1, 0.15) is 29.8 Å². The second-order valence-electron chi connectivity index (χ2n) is 8.15. The first-order valence-electron chi connectivity index (χ1n) is 9.95. The molecule has 3 heterocycles. The summed E-state index contributed by atoms with van der Waals surface area (Å²) in [5.41, 5.74) is 6.72. The van der Waals surface area contributed by atoms with Crippen molar-refractivity contribution < 1.29 is 17.9 Å². The van der Waals surface area contributed by atoms with Crippen LogP contribution in [0, 0.1) is 0 Å². The number of hydrogen-bond donors (Lipinski definition) is 3. The fourth-order valence-electron chi connectivity index (χ4n) is 3.32. The first-order chi connectivity index (χ1) is 15.5. The van der Waals surface area contributed by atoms with Gasteiger partial charge in [0.25, 0.3) is 5.91 Å². The monoisotopic (exact) mass is 469 g/mol. The largest absolute Gasteiger partial charge is 0.490 e. The predicted molar refractivity (Wildman–Crippen MR) is 123 cm³/mol. The van der Waals surface area contributed by atoms with E-state index >= 15 is 0 Å². The normalized spacial score (nSPS) is 14.6. The van der Waals surface area contributed by atoms with Crippen LogP contribution in [-0.4, -0.2) is 46.8 Å². The zero-order valence-corrected chi connectivity index (χ0v) is 19.0. The molecule has 0 aliphatic carbocycles. The third kappa shape index (κ3) is 4.80. The molecule has 1 amide bonds. The number of nitrogens with two attached hydrogens (primary N) is 1. The molecule has 1 aromatic carbocycles. The van der Waals surface area contributed by atoms with E-state index in [4.69, 9.17) is 10.5 Å². The molecule has 3 aromatic rings. The molecule has 12 heteroatoms. The highest BCUT2D eigenvalue weighted by molar-refractivity contribution is 7.91. The summed E-state index contributed by atoms with van der Waals surface area (Å²) >= 11 is 0. The summed E-state index contributed by atoms with van der Waals surface area (Å²) in [7, 11) is -2.04. The van der Waals surface area contributed by atoms with Crippen molar-refractivity contribution in [1.29, 1.82) is 0 Å². The van der Waals surface area contributed by atoms with Crippen LogP contribution >= 0.6 is 0 Å². The van der Waals surface area contributed by atoms with Crippen molar-refractivity contribution in [2.75, 3.05) is 11.3 Å². The fourth-order valence-corrected chi connectivity index (χ4v) is 4.16. The van der Waals surface area contributed by atoms with Crippen LogP contribution in [0.2, 0.25) is 0 Å². The van der Waals surface area contributed by atoms with E-state index in [0.717, 1.165) is 0 Å². The van der Waals surface area contributed by atoms with Gasteiger partial charge in [0, 0.05) is 31.2 Å². The Morgan fingerprint density at radius 1 is 1.24 bits per heavy atom. The lowest BCUT2D eigenvalue weighted by Gasteiger charge is -2.27. The number of carbonyl (C=O) groups excluding carboxylic acids is 1. The number of rotatable bonds is 6. The molecule has 0 spiro atoms. The number of amides is 1. The maximum absolute atomic E-state index is 12.9. The number of aryl methyl sites for hydroxylation is 1. The van der Waals surface area contributed by atoms with Crippen molar-refractivity contribution in [1.82, 2.24) is 19.9 Å². The lowest BCUT2D eigenvalue weighted by atomic mass is 10.1. The van der Waals surface area contributed by atoms with Gasteiger partial charge in [0.05, 0.1) is 16.8 Å². The van der Waals surface area contributed by atoms with Crippen molar-refractivity contribution in [2.45, 2.75) is 19.4 Å². The van der Waals surface area contributed by atoms with E-state index < -0.39 is 15.7 Å². The molecule has 0 saturated heterocycles. The van der Waals surface area contributed by atoms with Crippen molar-refractivity contribution in [3.8, 4) is 17.3 Å². The lowest BCUT2D eigenvalue weighted by Crippen LogP contribution is -2.48. The Balaban J connectivity index is 1.48. The van der Waals surface area contributed by atoms with Gasteiger partial charge in [-0.25, -0.2) is 4.98 Å². The molecule has 1 aliphatic heterocycles. The van der Waals surface area contributed by atoms with Gasteiger partial charge >= 0.3 is 10.2 Å². The zero-order chi connectivity index (χ0) is 23.8. The van der Waals surface area contributed by atoms with Crippen molar-refractivity contribution in [3.63, 3.8) is 0 Å². The van der Waals surface area contributed by atoms with Crippen LogP contribution in [0.5, 0.6) is 5.75 Å². The standard InChI is InChI=1S/C21H23N7O4S/c1-21(2,12-32-16-6-4-5-14-17(16)18(22)27-33(30,31)26-14)25-20(29)13-7-8-23-15(11-13)19-24-9-10-28(19)3/h4-11,26H,12H2,1-3H3,(H2,22,27)(H,25,29). The average Bonchev–Trinajstić information content (AvgIpc) is 3.17. The number of carbonyl (C=O) groups is 1. The van der Waals surface area contributed by atoms with Crippen molar-refractivity contribution in [3.05, 3.63) is 60.0 Å². The van der Waals surface area contributed by atoms with Gasteiger partial charge in [-0.2, -0.15) is 8.42 Å². The molecule has 0 unspecified atom stereocenters. The third-order valence-electron chi connectivity index (χ3n) is 4.85. The molecule has 0 radical (unpaired) electrons. The number of nitrogens with one attached hydrogen (secondary N) is 2. The number of aromatic nitrogens is 3. The third-order valence-corrected chi connectivity index (χ3v) is 5.77. The summed E-state index contributed by atoms with van der Waals surface area (Å²) in [6, 6.07) is 8.15. The predicted octanol–water partition coefficient (Wildman–Crippen LogP) is 1.45. The summed E-state index contributed by atoms with van der Waals surface area (Å²) in [5.74, 6) is 0.528. The molecule has 4 N–H and O–H groups in total. The molecule has 33 heavy (non-hydrogen) atoms. The Bertz CT molecular complexity index is 1360. The minimum absolute atomic E-state index is 0.0898. The van der Waals surface area contributed by atoms with E-state index in [1.165, 1.54) is 0 Å². The van der Waals surface area contributed by atoms with Gasteiger partial charge in [-0.1, -0.05) is 6.07 Å². The maximum atomic E-state index is 12.9. The summed E-state index contributed by atoms with van der Waals surface area (Å²) in [5, 5.41) is 2.94. The minimum Gasteiger partial charge on any atom is -0.490 e. The molecule has 0 fully saturated rings. The number of pyridine rings is 1. The van der Waals surface area contributed by atoms with Gasteiger partial charge in [-0.15, -0.1) is 4.40 Å². The Morgan fingerprint density at radius 2 is 2.03 bits per heavy atom. The quantitative estimate of drug-likeness (QED) is 0.494. The summed E-state index contributed by atoms with van der Waals surface area (Å²) < 4.78 is 37.0. The van der Waals surface area contributed by atoms with Gasteiger partial charge < -0.3 is 20.4 Å². The summed E-state index contributed by atoms with van der Waals surface area (Å²) in [4.78, 5) is 21.5. The number of ether oxygens (including phenoxy) is 1. The molecule has 1 aliphatic rings. The van der Waals surface area contributed by atoms with Gasteiger partial charge in [-0.05, 0) is 38.1 Å². The van der Waals surface area contributed by atoms with Crippen LogP contribution in [-0.2, 0) is 17.3 Å². The smallest absolute Gasteiger partial charge is 0.344 e. The Labute approximate surface area is 190 Å². The Hall–Kier alpha value is -3.93. The van der Waals surface area contributed by atoms with Crippen LogP contribution in [0.15, 0.2) is 53.3 Å². The van der Waals surface area contributed by atoms with Crippen LogP contribution in [0.3, 0.4) is 0 Å². The van der Waals surface area contributed by atoms with E-state index in [1.807, 2.05) is 11.6 Å². The molecule has 0 saturated carbocycles. The van der Waals surface area contributed by atoms with E-state index in [9.17, 15) is 13.2 Å². The highest BCUT2D eigenvalue weighted by atomic mass is 32.2. The summed E-state index contributed by atoms with van der Waals surface area (Å²) in [6.45, 7) is 3.70. The first kappa shape index (κ1) is 22.3. The van der Waals surface area contributed by atoms with Crippen LogP contribution in [0.4, 0.5) is 5.69 Å². The molecule has 0 bridgehead atoms. The second-order valence-corrected chi connectivity index (χ2v) is 9.49. The van der Waals surface area contributed by atoms with Gasteiger partial charge in [-0.3, -0.25) is 14.5 Å². The van der Waals surface area contributed by atoms with E-state index in [1.54, 1.807) is 62.8 Å². The van der Waals surface area contributed by atoms with Crippen molar-refractivity contribution in [2.24, 2.45) is 17.2 Å². The van der Waals surface area contributed by atoms with Gasteiger partial charge in [0.2, 0.25) is 0 Å². The molecule has 2 aromatic heterocycles. The highest BCUT2D eigenvalue weighted by Crippen LogP contribution is 2.31. The minimum atomic E-state index is -3.89. The molecule has 0 atom stereocenters. The highest BCUT2D eigenvalue weighted by Gasteiger charge is 2.27. The molecule has 172 valence electrons. The topological polar surface area (TPSA) is 154 Å². The lowest BCUT2D eigenvalue weighted by molar-refractivity contribution is 0.0880. The molecule has 11 nitrogen and oxygen atoms in total. The van der Waals surface area contributed by atoms with Gasteiger partial charge in [0.1, 0.15) is 18.1 Å². The number of fused-ring (bicyclic) bond motifs is 1.